The average Bonchev–Trinajstić information content (AvgIpc) is 3.00. The lowest BCUT2D eigenvalue weighted by atomic mass is 10.2. The number of aromatic amines is 1. The van der Waals surface area contributed by atoms with Gasteiger partial charge in [0.05, 0.1) is 6.54 Å². The van der Waals surface area contributed by atoms with E-state index in [0.717, 1.165) is 5.69 Å². The van der Waals surface area contributed by atoms with E-state index in [4.69, 9.17) is 0 Å². The van der Waals surface area contributed by atoms with Gasteiger partial charge in [0.15, 0.2) is 0 Å². The molecule has 1 amide bonds. The predicted octanol–water partition coefficient (Wildman–Crippen LogP) is 2.93. The second-order valence-corrected chi connectivity index (χ2v) is 6.17. The number of carbonyl (C=O) groups is 1. The summed E-state index contributed by atoms with van der Waals surface area (Å²) in [5, 5.41) is 9.17. The van der Waals surface area contributed by atoms with Crippen molar-refractivity contribution in [2.75, 3.05) is 7.05 Å². The molecular weight excluding hydrogens is 258 g/mol. The van der Waals surface area contributed by atoms with Gasteiger partial charge >= 0.3 is 0 Å². The molecule has 2 aromatic rings. The molecule has 2 aromatic heterocycles. The monoisotopic (exact) mass is 275 g/mol. The minimum atomic E-state index is -0.0176. The summed E-state index contributed by atoms with van der Waals surface area (Å²) in [4.78, 5) is 15.2. The molecule has 0 radical (unpaired) electrons. The van der Waals surface area contributed by atoms with Crippen LogP contribution in [-0.2, 0) is 6.54 Å². The van der Waals surface area contributed by atoms with Crippen LogP contribution in [0.1, 0.15) is 45.4 Å². The summed E-state index contributed by atoms with van der Waals surface area (Å²) in [6, 6.07) is 3.98. The van der Waals surface area contributed by atoms with Crippen LogP contribution in [0.5, 0.6) is 0 Å². The molecule has 0 bridgehead atoms. The van der Waals surface area contributed by atoms with E-state index in [0.29, 0.717) is 18.2 Å². The number of H-pyrrole nitrogens is 1. The summed E-state index contributed by atoms with van der Waals surface area (Å²) in [6.45, 7) is 2.72. The highest BCUT2D eigenvalue weighted by Gasteiger charge is 2.27. The van der Waals surface area contributed by atoms with Crippen LogP contribution in [0.15, 0.2) is 17.5 Å². The maximum Gasteiger partial charge on any atom is 0.274 e. The fourth-order valence-corrected chi connectivity index (χ4v) is 3.06. The summed E-state index contributed by atoms with van der Waals surface area (Å²) in [5.74, 6) is 0.579. The lowest BCUT2D eigenvalue weighted by Crippen LogP contribution is -2.26. The van der Waals surface area contributed by atoms with Gasteiger partial charge in [0.1, 0.15) is 5.69 Å². The third-order valence-corrected chi connectivity index (χ3v) is 4.54. The zero-order valence-corrected chi connectivity index (χ0v) is 12.0. The molecule has 2 heterocycles. The van der Waals surface area contributed by atoms with Crippen molar-refractivity contribution in [3.8, 4) is 0 Å². The Balaban J connectivity index is 1.69. The van der Waals surface area contributed by atoms with Crippen molar-refractivity contribution in [3.63, 3.8) is 0 Å². The maximum absolute atomic E-state index is 12.3. The Morgan fingerprint density at radius 3 is 3.00 bits per heavy atom. The van der Waals surface area contributed by atoms with Crippen molar-refractivity contribution in [2.24, 2.45) is 0 Å². The second-order valence-electron chi connectivity index (χ2n) is 5.17. The molecule has 1 fully saturated rings. The number of amides is 1. The average molecular weight is 275 g/mol. The van der Waals surface area contributed by atoms with Crippen molar-refractivity contribution >= 4 is 17.2 Å². The number of aromatic nitrogens is 2. The van der Waals surface area contributed by atoms with E-state index in [2.05, 4.69) is 28.6 Å². The highest BCUT2D eigenvalue weighted by Crippen LogP contribution is 2.39. The van der Waals surface area contributed by atoms with Gasteiger partial charge < -0.3 is 4.90 Å². The Morgan fingerprint density at radius 2 is 2.37 bits per heavy atom. The van der Waals surface area contributed by atoms with Crippen LogP contribution in [0.4, 0.5) is 0 Å². The zero-order chi connectivity index (χ0) is 13.4. The number of hydrogen-bond donors (Lipinski definition) is 1. The SMILES string of the molecule is Cc1ccsc1CN(C)C(=O)c1cc(C2CC2)[nH]n1. The lowest BCUT2D eigenvalue weighted by molar-refractivity contribution is 0.0780. The molecule has 1 saturated carbocycles. The van der Waals surface area contributed by atoms with Crippen molar-refractivity contribution < 1.29 is 4.79 Å². The molecule has 4 nitrogen and oxygen atoms in total. The summed E-state index contributed by atoms with van der Waals surface area (Å²) >= 11 is 1.69. The van der Waals surface area contributed by atoms with Crippen molar-refractivity contribution in [1.82, 2.24) is 15.1 Å². The molecule has 0 spiro atoms. The quantitative estimate of drug-likeness (QED) is 0.932. The van der Waals surface area contributed by atoms with Crippen LogP contribution in [-0.4, -0.2) is 28.1 Å². The first-order valence-corrected chi connectivity index (χ1v) is 7.37. The molecule has 5 heteroatoms. The topological polar surface area (TPSA) is 49.0 Å². The Hall–Kier alpha value is -1.62. The fourth-order valence-electron chi connectivity index (χ4n) is 2.10. The van der Waals surface area contributed by atoms with Crippen LogP contribution < -0.4 is 0 Å². The van der Waals surface area contributed by atoms with E-state index in [1.807, 2.05) is 13.1 Å². The maximum atomic E-state index is 12.3. The third kappa shape index (κ3) is 2.56. The van der Waals surface area contributed by atoms with E-state index in [9.17, 15) is 4.79 Å². The molecule has 0 unspecified atom stereocenters. The van der Waals surface area contributed by atoms with Gasteiger partial charge in [-0.25, -0.2) is 0 Å². The Morgan fingerprint density at radius 1 is 1.58 bits per heavy atom. The van der Waals surface area contributed by atoms with Gasteiger partial charge in [-0.05, 0) is 42.8 Å². The normalized spacial score (nSPS) is 14.6. The van der Waals surface area contributed by atoms with E-state index in [-0.39, 0.29) is 5.91 Å². The number of carbonyl (C=O) groups excluding carboxylic acids is 1. The van der Waals surface area contributed by atoms with Crippen LogP contribution >= 0.6 is 11.3 Å². The number of thiophene rings is 1. The summed E-state index contributed by atoms with van der Waals surface area (Å²) in [5.41, 5.74) is 2.87. The molecule has 0 aromatic carbocycles. The van der Waals surface area contributed by atoms with Crippen LogP contribution in [0.2, 0.25) is 0 Å². The smallest absolute Gasteiger partial charge is 0.274 e. The molecule has 100 valence electrons. The molecule has 1 N–H and O–H groups in total. The molecular formula is C14H17N3OS. The number of aryl methyl sites for hydroxylation is 1. The van der Waals surface area contributed by atoms with Gasteiger partial charge in [0.25, 0.3) is 5.91 Å². The first kappa shape index (κ1) is 12.4. The Labute approximate surface area is 116 Å². The van der Waals surface area contributed by atoms with Crippen LogP contribution in [0.3, 0.4) is 0 Å². The van der Waals surface area contributed by atoms with Gasteiger partial charge in [0, 0.05) is 23.5 Å². The molecule has 1 aliphatic carbocycles. The van der Waals surface area contributed by atoms with E-state index in [1.54, 1.807) is 16.2 Å². The highest BCUT2D eigenvalue weighted by molar-refractivity contribution is 7.10. The zero-order valence-electron chi connectivity index (χ0n) is 11.1. The van der Waals surface area contributed by atoms with Gasteiger partial charge in [0.2, 0.25) is 0 Å². The van der Waals surface area contributed by atoms with E-state index < -0.39 is 0 Å². The highest BCUT2D eigenvalue weighted by atomic mass is 32.1. The van der Waals surface area contributed by atoms with E-state index in [1.165, 1.54) is 23.3 Å². The standard InChI is InChI=1S/C14H17N3OS/c1-9-5-6-19-13(9)8-17(2)14(18)12-7-11(15-16-12)10-3-4-10/h5-7,10H,3-4,8H2,1-2H3,(H,15,16). The van der Waals surface area contributed by atoms with Crippen molar-refractivity contribution in [1.29, 1.82) is 0 Å². The number of rotatable bonds is 4. The second kappa shape index (κ2) is 4.81. The van der Waals surface area contributed by atoms with Gasteiger partial charge in [-0.1, -0.05) is 0 Å². The van der Waals surface area contributed by atoms with Crippen LogP contribution in [0, 0.1) is 6.92 Å². The Bertz CT molecular complexity index is 597. The largest absolute Gasteiger partial charge is 0.335 e. The summed E-state index contributed by atoms with van der Waals surface area (Å²) < 4.78 is 0. The molecule has 0 saturated heterocycles. The molecule has 0 atom stereocenters. The third-order valence-electron chi connectivity index (χ3n) is 3.53. The van der Waals surface area contributed by atoms with Gasteiger partial charge in [-0.3, -0.25) is 9.89 Å². The number of hydrogen-bond acceptors (Lipinski definition) is 3. The number of nitrogens with zero attached hydrogens (tertiary/aromatic N) is 2. The molecule has 3 rings (SSSR count). The summed E-state index contributed by atoms with van der Waals surface area (Å²) in [7, 11) is 1.83. The minimum absolute atomic E-state index is 0.0176. The predicted molar refractivity (Wildman–Crippen MR) is 75.4 cm³/mol. The minimum Gasteiger partial charge on any atom is -0.335 e. The molecule has 19 heavy (non-hydrogen) atoms. The molecule has 0 aliphatic heterocycles. The van der Waals surface area contributed by atoms with Crippen LogP contribution in [0.25, 0.3) is 0 Å². The fraction of sp³-hybridized carbons (Fsp3) is 0.429. The molecule has 1 aliphatic rings. The van der Waals surface area contributed by atoms with Gasteiger partial charge in [-0.15, -0.1) is 11.3 Å². The summed E-state index contributed by atoms with van der Waals surface area (Å²) in [6.07, 6.45) is 2.42. The van der Waals surface area contributed by atoms with Gasteiger partial charge in [-0.2, -0.15) is 5.10 Å². The van der Waals surface area contributed by atoms with Crippen molar-refractivity contribution in [2.45, 2.75) is 32.2 Å². The first-order chi connectivity index (χ1) is 9.15. The first-order valence-electron chi connectivity index (χ1n) is 6.49. The van der Waals surface area contributed by atoms with E-state index >= 15 is 0 Å². The number of nitrogens with one attached hydrogen (secondary N) is 1. The van der Waals surface area contributed by atoms with Crippen molar-refractivity contribution in [3.05, 3.63) is 39.3 Å². The lowest BCUT2D eigenvalue weighted by Gasteiger charge is -2.15. The Kier molecular flexibility index (Phi) is 3.14.